The van der Waals surface area contributed by atoms with Gasteiger partial charge in [-0.25, -0.2) is 9.78 Å². The Morgan fingerprint density at radius 3 is 2.80 bits per heavy atom. The molecular formula is C14H18N2O3S. The molecule has 0 atom stereocenters. The largest absolute Gasteiger partial charge is 0.462 e. The second kappa shape index (κ2) is 5.75. The van der Waals surface area contributed by atoms with Crippen LogP contribution in [0.5, 0.6) is 0 Å². The monoisotopic (exact) mass is 294 g/mol. The van der Waals surface area contributed by atoms with E-state index in [0.717, 1.165) is 12.2 Å². The fourth-order valence-electron chi connectivity index (χ4n) is 1.96. The fraction of sp³-hybridized carbons (Fsp3) is 0.500. The Balaban J connectivity index is 2.54. The van der Waals surface area contributed by atoms with E-state index in [4.69, 9.17) is 4.74 Å². The van der Waals surface area contributed by atoms with Gasteiger partial charge in [0.15, 0.2) is 0 Å². The van der Waals surface area contributed by atoms with Gasteiger partial charge in [0, 0.05) is 13.5 Å². The minimum Gasteiger partial charge on any atom is -0.462 e. The van der Waals surface area contributed by atoms with Crippen LogP contribution in [-0.4, -0.2) is 22.1 Å². The van der Waals surface area contributed by atoms with Crippen LogP contribution in [0.25, 0.3) is 10.2 Å². The van der Waals surface area contributed by atoms with Crippen molar-refractivity contribution in [1.82, 2.24) is 9.55 Å². The summed E-state index contributed by atoms with van der Waals surface area (Å²) in [5, 5.41) is 0.480. The smallest absolute Gasteiger partial charge is 0.348 e. The molecule has 6 heteroatoms. The minimum absolute atomic E-state index is 0.113. The predicted molar refractivity (Wildman–Crippen MR) is 79.4 cm³/mol. The third-order valence-corrected chi connectivity index (χ3v) is 3.94. The minimum atomic E-state index is -0.400. The van der Waals surface area contributed by atoms with Crippen molar-refractivity contribution in [3.8, 4) is 0 Å². The summed E-state index contributed by atoms with van der Waals surface area (Å²) in [7, 11) is 1.72. The molecule has 0 aliphatic rings. The number of ether oxygens (including phenoxy) is 1. The first-order valence-corrected chi connectivity index (χ1v) is 7.42. The number of fused-ring (bicyclic) bond motifs is 1. The number of carbonyl (C=O) groups is 1. The van der Waals surface area contributed by atoms with Gasteiger partial charge in [0.05, 0.1) is 12.0 Å². The third kappa shape index (κ3) is 2.75. The molecule has 0 aliphatic carbocycles. The van der Waals surface area contributed by atoms with Crippen LogP contribution in [0.15, 0.2) is 10.9 Å². The molecule has 108 valence electrons. The fourth-order valence-corrected chi connectivity index (χ4v) is 2.89. The maximum Gasteiger partial charge on any atom is 0.348 e. The van der Waals surface area contributed by atoms with Gasteiger partial charge in [-0.2, -0.15) is 0 Å². The number of nitrogens with zero attached hydrogens (tertiary/aromatic N) is 2. The van der Waals surface area contributed by atoms with Gasteiger partial charge in [0.25, 0.3) is 5.56 Å². The number of hydrogen-bond donors (Lipinski definition) is 0. The molecule has 0 N–H and O–H groups in total. The molecule has 0 saturated heterocycles. The summed E-state index contributed by atoms with van der Waals surface area (Å²) in [5.41, 5.74) is -0.113. The van der Waals surface area contributed by atoms with Crippen LogP contribution >= 0.6 is 11.3 Å². The summed E-state index contributed by atoms with van der Waals surface area (Å²) in [6.07, 6.45) is 0.730. The predicted octanol–water partition coefficient (Wildman–Crippen LogP) is 2.37. The van der Waals surface area contributed by atoms with Crippen LogP contribution in [0, 0.1) is 5.92 Å². The number of carbonyl (C=O) groups excluding carboxylic acids is 1. The molecule has 0 spiro atoms. The van der Waals surface area contributed by atoms with Crippen molar-refractivity contribution in [3.63, 3.8) is 0 Å². The molecule has 0 radical (unpaired) electrons. The lowest BCUT2D eigenvalue weighted by atomic mass is 10.1. The van der Waals surface area contributed by atoms with Crippen molar-refractivity contribution in [3.05, 3.63) is 27.1 Å². The molecule has 2 aromatic heterocycles. The van der Waals surface area contributed by atoms with Gasteiger partial charge in [-0.3, -0.25) is 9.36 Å². The van der Waals surface area contributed by atoms with Gasteiger partial charge in [-0.15, -0.1) is 11.3 Å². The zero-order chi connectivity index (χ0) is 14.9. The molecule has 20 heavy (non-hydrogen) atoms. The van der Waals surface area contributed by atoms with E-state index < -0.39 is 5.97 Å². The van der Waals surface area contributed by atoms with E-state index in [-0.39, 0.29) is 5.56 Å². The first-order chi connectivity index (χ1) is 9.43. The highest BCUT2D eigenvalue weighted by molar-refractivity contribution is 7.20. The SMILES string of the molecule is CCOC(=O)c1cc2c(=O)n(C)c(CC(C)C)nc2s1. The molecule has 2 rings (SSSR count). The van der Waals surface area contributed by atoms with Crippen molar-refractivity contribution in [2.45, 2.75) is 27.2 Å². The van der Waals surface area contributed by atoms with Crippen LogP contribution in [0.3, 0.4) is 0 Å². The molecule has 0 aliphatic heterocycles. The van der Waals surface area contributed by atoms with Crippen LogP contribution in [-0.2, 0) is 18.2 Å². The third-order valence-electron chi connectivity index (χ3n) is 2.93. The van der Waals surface area contributed by atoms with E-state index in [2.05, 4.69) is 18.8 Å². The normalized spacial score (nSPS) is 11.2. The number of thiophene rings is 1. The number of rotatable bonds is 4. The van der Waals surface area contributed by atoms with E-state index in [1.807, 2.05) is 0 Å². The van der Waals surface area contributed by atoms with E-state index in [1.165, 1.54) is 11.3 Å². The van der Waals surface area contributed by atoms with Crippen LogP contribution in [0.4, 0.5) is 0 Å². The van der Waals surface area contributed by atoms with E-state index >= 15 is 0 Å². The van der Waals surface area contributed by atoms with Crippen molar-refractivity contribution >= 4 is 27.5 Å². The zero-order valence-electron chi connectivity index (χ0n) is 12.1. The molecule has 0 unspecified atom stereocenters. The molecular weight excluding hydrogens is 276 g/mol. The molecule has 0 fully saturated rings. The highest BCUT2D eigenvalue weighted by Crippen LogP contribution is 2.22. The maximum atomic E-state index is 12.3. The molecule has 0 aromatic carbocycles. The van der Waals surface area contributed by atoms with Crippen LogP contribution < -0.4 is 5.56 Å². The Kier molecular flexibility index (Phi) is 4.23. The van der Waals surface area contributed by atoms with E-state index in [0.29, 0.717) is 27.6 Å². The average molecular weight is 294 g/mol. The van der Waals surface area contributed by atoms with Gasteiger partial charge < -0.3 is 4.74 Å². The number of esters is 1. The van der Waals surface area contributed by atoms with Crippen molar-refractivity contribution < 1.29 is 9.53 Å². The molecule has 5 nitrogen and oxygen atoms in total. The second-order valence-corrected chi connectivity index (χ2v) is 6.07. The first kappa shape index (κ1) is 14.7. The Bertz CT molecular complexity index is 700. The summed E-state index contributed by atoms with van der Waals surface area (Å²) in [6, 6.07) is 1.58. The Labute approximate surface area is 121 Å². The lowest BCUT2D eigenvalue weighted by Crippen LogP contribution is -2.22. The Hall–Kier alpha value is -1.69. The summed E-state index contributed by atoms with van der Waals surface area (Å²) < 4.78 is 6.52. The highest BCUT2D eigenvalue weighted by atomic mass is 32.1. The average Bonchev–Trinajstić information content (AvgIpc) is 2.79. The Morgan fingerprint density at radius 1 is 1.50 bits per heavy atom. The first-order valence-electron chi connectivity index (χ1n) is 6.60. The molecule has 2 heterocycles. The summed E-state index contributed by atoms with van der Waals surface area (Å²) in [4.78, 5) is 29.6. The molecule has 2 aromatic rings. The van der Waals surface area contributed by atoms with Gasteiger partial charge in [-0.05, 0) is 18.9 Å². The maximum absolute atomic E-state index is 12.3. The van der Waals surface area contributed by atoms with Crippen LogP contribution in [0.1, 0.15) is 36.3 Å². The number of aromatic nitrogens is 2. The summed E-state index contributed by atoms with van der Waals surface area (Å²) in [5.74, 6) is 0.757. The van der Waals surface area contributed by atoms with Crippen molar-refractivity contribution in [1.29, 1.82) is 0 Å². The van der Waals surface area contributed by atoms with Crippen molar-refractivity contribution in [2.24, 2.45) is 13.0 Å². The molecule has 0 bridgehead atoms. The summed E-state index contributed by atoms with van der Waals surface area (Å²) in [6.45, 7) is 6.23. The molecule has 0 amide bonds. The van der Waals surface area contributed by atoms with Gasteiger partial charge >= 0.3 is 5.97 Å². The standard InChI is InChI=1S/C14H18N2O3S/c1-5-19-14(18)10-7-9-12(20-10)15-11(6-8(2)3)16(4)13(9)17/h7-8H,5-6H2,1-4H3. The zero-order valence-corrected chi connectivity index (χ0v) is 12.9. The van der Waals surface area contributed by atoms with E-state index in [1.54, 1.807) is 24.6 Å². The lowest BCUT2D eigenvalue weighted by Gasteiger charge is -2.09. The van der Waals surface area contributed by atoms with Gasteiger partial charge in [-0.1, -0.05) is 13.8 Å². The quantitative estimate of drug-likeness (QED) is 0.812. The van der Waals surface area contributed by atoms with Gasteiger partial charge in [0.2, 0.25) is 0 Å². The lowest BCUT2D eigenvalue weighted by molar-refractivity contribution is 0.0532. The second-order valence-electron chi connectivity index (χ2n) is 5.04. The van der Waals surface area contributed by atoms with Crippen LogP contribution in [0.2, 0.25) is 0 Å². The molecule has 0 saturated carbocycles. The highest BCUT2D eigenvalue weighted by Gasteiger charge is 2.16. The number of hydrogen-bond acceptors (Lipinski definition) is 5. The van der Waals surface area contributed by atoms with E-state index in [9.17, 15) is 9.59 Å². The Morgan fingerprint density at radius 2 is 2.20 bits per heavy atom. The van der Waals surface area contributed by atoms with Crippen molar-refractivity contribution in [2.75, 3.05) is 6.61 Å². The summed E-state index contributed by atoms with van der Waals surface area (Å²) >= 11 is 1.21. The topological polar surface area (TPSA) is 61.2 Å². The van der Waals surface area contributed by atoms with Gasteiger partial charge in [0.1, 0.15) is 15.5 Å².